The van der Waals surface area contributed by atoms with Gasteiger partial charge in [-0.1, -0.05) is 27.2 Å². The van der Waals surface area contributed by atoms with E-state index in [0.29, 0.717) is 18.8 Å². The third-order valence-corrected chi connectivity index (χ3v) is 5.25. The Morgan fingerprint density at radius 2 is 1.71 bits per heavy atom. The fraction of sp³-hybridized carbons (Fsp3) is 0.500. The molecule has 1 unspecified atom stereocenters. The standard InChI is InChI=1S/C21H32N2O7.C7H5F3O/c1-7-8-16(21(26)30-14(4)11-13(2)3)23-20(25)18-19(29-12-28-15(5)24)17(27-6)9-10-22-18;8-7(9,10)5-1-3-6(11)4-2-5/h9-10,13-14,16H,7-8,11-12H2,1-6H3,(H,23,25);1-4,11H/t14?,16-;/m0./s1. The Balaban J connectivity index is 0.000000634. The summed E-state index contributed by atoms with van der Waals surface area (Å²) >= 11 is 0. The van der Waals surface area contributed by atoms with Crippen molar-refractivity contribution >= 4 is 17.8 Å². The molecule has 0 saturated heterocycles. The highest BCUT2D eigenvalue weighted by atomic mass is 19.4. The molecule has 0 aliphatic rings. The summed E-state index contributed by atoms with van der Waals surface area (Å²) in [5.41, 5.74) is -0.846. The number of hydrogen-bond donors (Lipinski definition) is 2. The molecule has 1 heterocycles. The van der Waals surface area contributed by atoms with Crippen LogP contribution in [-0.2, 0) is 25.2 Å². The predicted octanol–water partition coefficient (Wildman–Crippen LogP) is 5.28. The van der Waals surface area contributed by atoms with E-state index in [1.54, 1.807) is 0 Å². The van der Waals surface area contributed by atoms with Gasteiger partial charge in [-0.25, -0.2) is 9.78 Å². The van der Waals surface area contributed by atoms with E-state index in [1.807, 2.05) is 27.7 Å². The van der Waals surface area contributed by atoms with Crippen molar-refractivity contribution in [3.63, 3.8) is 0 Å². The Morgan fingerprint density at radius 3 is 2.22 bits per heavy atom. The summed E-state index contributed by atoms with van der Waals surface area (Å²) < 4.78 is 56.4. The topological polar surface area (TPSA) is 133 Å². The fourth-order valence-corrected chi connectivity index (χ4v) is 3.47. The minimum atomic E-state index is -4.33. The van der Waals surface area contributed by atoms with Gasteiger partial charge in [0.1, 0.15) is 11.8 Å². The zero-order valence-electron chi connectivity index (χ0n) is 23.9. The number of pyridine rings is 1. The summed E-state index contributed by atoms with van der Waals surface area (Å²) in [5.74, 6) is -1.20. The van der Waals surface area contributed by atoms with Crippen LogP contribution in [0.1, 0.15) is 69.9 Å². The summed E-state index contributed by atoms with van der Waals surface area (Å²) in [6.45, 7) is 8.64. The normalized spacial score (nSPS) is 12.3. The second-order valence-corrected chi connectivity index (χ2v) is 9.33. The SMILES string of the molecule is CCC[C@H](NC(=O)c1nccc(OC)c1OCOC(C)=O)C(=O)OC(C)CC(C)C.Oc1ccc(C(F)(F)F)cc1. The van der Waals surface area contributed by atoms with Gasteiger partial charge in [0.2, 0.25) is 6.79 Å². The molecule has 1 aromatic carbocycles. The molecule has 0 aliphatic heterocycles. The first kappa shape index (κ1) is 35.0. The van der Waals surface area contributed by atoms with Gasteiger partial charge in [0, 0.05) is 19.2 Å². The molecule has 13 heteroatoms. The first-order chi connectivity index (χ1) is 19.2. The number of methoxy groups -OCH3 is 1. The van der Waals surface area contributed by atoms with Crippen molar-refractivity contribution in [3.05, 3.63) is 47.8 Å². The number of phenolic OH excluding ortho intramolecular Hbond substituents is 1. The zero-order chi connectivity index (χ0) is 31.2. The second kappa shape index (κ2) is 16.9. The highest BCUT2D eigenvalue weighted by molar-refractivity contribution is 5.98. The number of phenols is 1. The van der Waals surface area contributed by atoms with E-state index in [2.05, 4.69) is 10.3 Å². The van der Waals surface area contributed by atoms with Crippen molar-refractivity contribution in [2.45, 2.75) is 72.2 Å². The number of carbonyl (C=O) groups excluding carboxylic acids is 3. The number of nitrogens with zero attached hydrogens (tertiary/aromatic N) is 1. The number of hydrogen-bond acceptors (Lipinski definition) is 9. The summed E-state index contributed by atoms with van der Waals surface area (Å²) in [4.78, 5) is 40.5. The molecule has 0 saturated carbocycles. The van der Waals surface area contributed by atoms with E-state index in [-0.39, 0.29) is 29.0 Å². The van der Waals surface area contributed by atoms with Crippen LogP contribution < -0.4 is 14.8 Å². The number of alkyl halides is 3. The van der Waals surface area contributed by atoms with Crippen molar-refractivity contribution in [1.29, 1.82) is 0 Å². The Hall–Kier alpha value is -4.03. The van der Waals surface area contributed by atoms with Gasteiger partial charge < -0.3 is 29.4 Å². The van der Waals surface area contributed by atoms with Gasteiger partial charge in [0.25, 0.3) is 5.91 Å². The lowest BCUT2D eigenvalue weighted by atomic mass is 10.1. The summed E-state index contributed by atoms with van der Waals surface area (Å²) in [6, 6.07) is 4.34. The molecule has 0 aliphatic carbocycles. The van der Waals surface area contributed by atoms with Crippen molar-refractivity contribution in [2.24, 2.45) is 5.92 Å². The van der Waals surface area contributed by atoms with Gasteiger partial charge in [-0.05, 0) is 49.9 Å². The monoisotopic (exact) mass is 586 g/mol. The first-order valence-corrected chi connectivity index (χ1v) is 12.9. The van der Waals surface area contributed by atoms with Crippen LogP contribution in [0.5, 0.6) is 17.2 Å². The Labute approximate surface area is 237 Å². The van der Waals surface area contributed by atoms with E-state index in [1.165, 1.54) is 26.3 Å². The van der Waals surface area contributed by atoms with E-state index in [4.69, 9.17) is 24.1 Å². The highest BCUT2D eigenvalue weighted by Gasteiger charge is 2.30. The van der Waals surface area contributed by atoms with Crippen LogP contribution in [0.25, 0.3) is 0 Å². The van der Waals surface area contributed by atoms with Crippen LogP contribution >= 0.6 is 0 Å². The first-order valence-electron chi connectivity index (χ1n) is 12.9. The molecule has 228 valence electrons. The lowest BCUT2D eigenvalue weighted by molar-refractivity contribution is -0.151. The summed E-state index contributed by atoms with van der Waals surface area (Å²) in [6.07, 6.45) is -1.40. The molecule has 2 N–H and O–H groups in total. The molecule has 0 spiro atoms. The predicted molar refractivity (Wildman–Crippen MR) is 142 cm³/mol. The van der Waals surface area contributed by atoms with Gasteiger partial charge in [-0.2, -0.15) is 13.2 Å². The highest BCUT2D eigenvalue weighted by Crippen LogP contribution is 2.30. The maximum atomic E-state index is 12.9. The average Bonchev–Trinajstić information content (AvgIpc) is 2.87. The van der Waals surface area contributed by atoms with Crippen LogP contribution in [0.2, 0.25) is 0 Å². The number of benzene rings is 1. The average molecular weight is 587 g/mol. The maximum absolute atomic E-state index is 12.9. The molecule has 0 radical (unpaired) electrons. The largest absolute Gasteiger partial charge is 0.508 e. The van der Waals surface area contributed by atoms with E-state index >= 15 is 0 Å². The molecule has 1 aromatic heterocycles. The maximum Gasteiger partial charge on any atom is 0.416 e. The van der Waals surface area contributed by atoms with Gasteiger partial charge in [0.05, 0.1) is 18.8 Å². The number of rotatable bonds is 12. The third-order valence-electron chi connectivity index (χ3n) is 5.25. The minimum Gasteiger partial charge on any atom is -0.508 e. The lowest BCUT2D eigenvalue weighted by Crippen LogP contribution is -2.43. The van der Waals surface area contributed by atoms with Crippen molar-refractivity contribution in [2.75, 3.05) is 13.9 Å². The Kier molecular flexibility index (Phi) is 14.5. The third kappa shape index (κ3) is 12.8. The summed E-state index contributed by atoms with van der Waals surface area (Å²) in [7, 11) is 1.41. The number of ether oxygens (including phenoxy) is 4. The van der Waals surface area contributed by atoms with Gasteiger partial charge in [-0.15, -0.1) is 0 Å². The number of halogens is 3. The molecule has 0 fully saturated rings. The molecular formula is C28H37F3N2O8. The molecule has 2 atom stereocenters. The van der Waals surface area contributed by atoms with Crippen LogP contribution in [0, 0.1) is 5.92 Å². The Morgan fingerprint density at radius 1 is 1.07 bits per heavy atom. The number of aromatic hydroxyl groups is 1. The quantitative estimate of drug-likeness (QED) is 0.252. The van der Waals surface area contributed by atoms with Crippen LogP contribution in [0.3, 0.4) is 0 Å². The Bertz CT molecular complexity index is 1120. The summed E-state index contributed by atoms with van der Waals surface area (Å²) in [5, 5.41) is 11.3. The molecule has 1 amide bonds. The molecule has 0 bridgehead atoms. The number of amides is 1. The number of esters is 2. The zero-order valence-corrected chi connectivity index (χ0v) is 23.9. The molecule has 2 rings (SSSR count). The number of aromatic nitrogens is 1. The minimum absolute atomic E-state index is 0.00976. The smallest absolute Gasteiger partial charge is 0.416 e. The van der Waals surface area contributed by atoms with Crippen LogP contribution in [0.15, 0.2) is 36.5 Å². The molecule has 10 nitrogen and oxygen atoms in total. The van der Waals surface area contributed by atoms with E-state index < -0.39 is 42.4 Å². The number of carbonyl (C=O) groups is 3. The van der Waals surface area contributed by atoms with E-state index in [9.17, 15) is 27.6 Å². The van der Waals surface area contributed by atoms with Crippen molar-refractivity contribution in [1.82, 2.24) is 10.3 Å². The molecular weight excluding hydrogens is 549 g/mol. The van der Waals surface area contributed by atoms with Crippen LogP contribution in [0.4, 0.5) is 13.2 Å². The van der Waals surface area contributed by atoms with Gasteiger partial charge in [-0.3, -0.25) is 9.59 Å². The lowest BCUT2D eigenvalue weighted by Gasteiger charge is -2.21. The second-order valence-electron chi connectivity index (χ2n) is 9.33. The van der Waals surface area contributed by atoms with Gasteiger partial charge >= 0.3 is 18.1 Å². The fourth-order valence-electron chi connectivity index (χ4n) is 3.47. The van der Waals surface area contributed by atoms with Gasteiger partial charge in [0.15, 0.2) is 17.2 Å². The molecule has 41 heavy (non-hydrogen) atoms. The van der Waals surface area contributed by atoms with Crippen LogP contribution in [-0.4, -0.2) is 54.0 Å². The van der Waals surface area contributed by atoms with Crippen molar-refractivity contribution < 1.29 is 51.6 Å². The molecule has 2 aromatic rings. The number of nitrogens with one attached hydrogen (secondary N) is 1. The van der Waals surface area contributed by atoms with E-state index in [0.717, 1.165) is 30.7 Å². The van der Waals surface area contributed by atoms with Crippen molar-refractivity contribution in [3.8, 4) is 17.2 Å².